The maximum absolute atomic E-state index is 13.9. The highest BCUT2D eigenvalue weighted by atomic mass is 16.3. The zero-order valence-electron chi connectivity index (χ0n) is 16.2. The maximum Gasteiger partial charge on any atom is 0.365 e. The smallest absolute Gasteiger partial charge is 0.365 e. The Morgan fingerprint density at radius 1 is 1.07 bits per heavy atom. The molecule has 0 bridgehead atoms. The van der Waals surface area contributed by atoms with Gasteiger partial charge in [0.05, 0.1) is 24.7 Å². The Bertz CT molecular complexity index is 986. The quantitative estimate of drug-likeness (QED) is 0.703. The molecule has 3 aromatic rings. The summed E-state index contributed by atoms with van der Waals surface area (Å²) >= 11 is 0. The largest absolute Gasteiger partial charge is 0.390 e. The van der Waals surface area contributed by atoms with Crippen molar-refractivity contribution in [3.8, 4) is 11.4 Å². The van der Waals surface area contributed by atoms with E-state index in [1.54, 1.807) is 0 Å². The van der Waals surface area contributed by atoms with Crippen molar-refractivity contribution < 1.29 is 14.4 Å². The summed E-state index contributed by atoms with van der Waals surface area (Å²) in [6.45, 7) is 3.29. The SMILES string of the molecule is CC1CCCC[N+]1(CCO)C(=O)c1nc(-c2ccccc2)nc2ccccc12. The van der Waals surface area contributed by atoms with Crippen molar-refractivity contribution in [1.82, 2.24) is 9.97 Å². The highest BCUT2D eigenvalue weighted by molar-refractivity contribution is 6.02. The molecular weight excluding hydrogens is 350 g/mol. The lowest BCUT2D eigenvalue weighted by Crippen LogP contribution is -2.62. The van der Waals surface area contributed by atoms with Gasteiger partial charge >= 0.3 is 5.91 Å². The van der Waals surface area contributed by atoms with Crippen LogP contribution in [0, 0.1) is 0 Å². The highest BCUT2D eigenvalue weighted by Crippen LogP contribution is 2.31. The topological polar surface area (TPSA) is 63.1 Å². The van der Waals surface area contributed by atoms with Crippen LogP contribution in [0.2, 0.25) is 0 Å². The number of benzene rings is 2. The van der Waals surface area contributed by atoms with Gasteiger partial charge in [0.15, 0.2) is 11.5 Å². The Morgan fingerprint density at radius 2 is 1.82 bits per heavy atom. The third-order valence-electron chi connectivity index (χ3n) is 6.01. The Labute approximate surface area is 165 Å². The first-order valence-corrected chi connectivity index (χ1v) is 10.0. The van der Waals surface area contributed by atoms with Crippen LogP contribution in [0.3, 0.4) is 0 Å². The summed E-state index contributed by atoms with van der Waals surface area (Å²) in [6, 6.07) is 17.6. The Hall–Kier alpha value is -2.63. The van der Waals surface area contributed by atoms with Gasteiger partial charge in [0, 0.05) is 10.9 Å². The van der Waals surface area contributed by atoms with E-state index in [4.69, 9.17) is 9.97 Å². The number of nitrogens with zero attached hydrogens (tertiary/aromatic N) is 3. The molecule has 28 heavy (non-hydrogen) atoms. The Balaban J connectivity index is 1.90. The fourth-order valence-electron chi connectivity index (χ4n) is 4.38. The summed E-state index contributed by atoms with van der Waals surface area (Å²) in [5.41, 5.74) is 2.13. The lowest BCUT2D eigenvalue weighted by molar-refractivity contribution is -0.878. The molecule has 0 saturated carbocycles. The third-order valence-corrected chi connectivity index (χ3v) is 6.01. The summed E-state index contributed by atoms with van der Waals surface area (Å²) < 4.78 is 0.270. The predicted octanol–water partition coefficient (Wildman–Crippen LogP) is 3.82. The van der Waals surface area contributed by atoms with Crippen LogP contribution in [0.15, 0.2) is 54.6 Å². The van der Waals surface area contributed by atoms with Gasteiger partial charge in [-0.25, -0.2) is 14.8 Å². The van der Waals surface area contributed by atoms with Crippen LogP contribution in [-0.4, -0.2) is 51.2 Å². The van der Waals surface area contributed by atoms with E-state index in [-0.39, 0.29) is 23.0 Å². The minimum absolute atomic E-state index is 0.00275. The van der Waals surface area contributed by atoms with Crippen molar-refractivity contribution >= 4 is 16.8 Å². The molecule has 5 nitrogen and oxygen atoms in total. The minimum Gasteiger partial charge on any atom is -0.390 e. The second-order valence-corrected chi connectivity index (χ2v) is 7.63. The second-order valence-electron chi connectivity index (χ2n) is 7.63. The molecule has 5 heteroatoms. The molecule has 1 N–H and O–H groups in total. The van der Waals surface area contributed by atoms with Gasteiger partial charge in [0.1, 0.15) is 6.54 Å². The summed E-state index contributed by atoms with van der Waals surface area (Å²) in [5, 5.41) is 10.5. The molecule has 2 unspecified atom stereocenters. The Morgan fingerprint density at radius 3 is 2.57 bits per heavy atom. The van der Waals surface area contributed by atoms with E-state index in [1.807, 2.05) is 54.6 Å². The number of carbonyl (C=O) groups is 1. The van der Waals surface area contributed by atoms with E-state index >= 15 is 0 Å². The molecule has 1 fully saturated rings. The van der Waals surface area contributed by atoms with Crippen LogP contribution in [0.25, 0.3) is 22.3 Å². The summed E-state index contributed by atoms with van der Waals surface area (Å²) in [7, 11) is 0. The van der Waals surface area contributed by atoms with Gasteiger partial charge in [-0.1, -0.05) is 48.5 Å². The summed E-state index contributed by atoms with van der Waals surface area (Å²) in [6.07, 6.45) is 3.10. The van der Waals surface area contributed by atoms with Gasteiger partial charge < -0.3 is 5.11 Å². The molecular formula is C23H26N3O2+. The van der Waals surface area contributed by atoms with Crippen molar-refractivity contribution in [2.24, 2.45) is 0 Å². The molecule has 1 aliphatic rings. The van der Waals surface area contributed by atoms with Crippen molar-refractivity contribution in [2.45, 2.75) is 32.2 Å². The van der Waals surface area contributed by atoms with E-state index in [0.29, 0.717) is 18.1 Å². The Kier molecular flexibility index (Phi) is 5.20. The van der Waals surface area contributed by atoms with Gasteiger partial charge in [-0.3, -0.25) is 4.48 Å². The number of aliphatic hydroxyl groups excluding tert-OH is 1. The molecule has 4 rings (SSSR count). The van der Waals surface area contributed by atoms with E-state index < -0.39 is 0 Å². The van der Waals surface area contributed by atoms with E-state index in [9.17, 15) is 9.90 Å². The fraction of sp³-hybridized carbons (Fsp3) is 0.348. The van der Waals surface area contributed by atoms with Crippen molar-refractivity contribution in [2.75, 3.05) is 19.7 Å². The van der Waals surface area contributed by atoms with E-state index in [0.717, 1.165) is 42.3 Å². The average Bonchev–Trinajstić information content (AvgIpc) is 2.75. The molecule has 2 atom stereocenters. The number of hydrogen-bond acceptors (Lipinski definition) is 4. The molecule has 1 aliphatic heterocycles. The molecule has 1 amide bonds. The van der Waals surface area contributed by atoms with Crippen LogP contribution in [0.1, 0.15) is 36.7 Å². The van der Waals surface area contributed by atoms with Crippen LogP contribution in [0.5, 0.6) is 0 Å². The summed E-state index contributed by atoms with van der Waals surface area (Å²) in [4.78, 5) is 23.3. The molecule has 0 spiro atoms. The minimum atomic E-state index is -0.00929. The number of fused-ring (bicyclic) bond motifs is 1. The lowest BCUT2D eigenvalue weighted by Gasteiger charge is -2.43. The van der Waals surface area contributed by atoms with Gasteiger partial charge in [0.25, 0.3) is 0 Å². The lowest BCUT2D eigenvalue weighted by atomic mass is 9.97. The normalized spacial score (nSPS) is 22.3. The molecule has 0 aliphatic carbocycles. The number of aromatic nitrogens is 2. The van der Waals surface area contributed by atoms with E-state index in [2.05, 4.69) is 6.92 Å². The predicted molar refractivity (Wildman–Crippen MR) is 110 cm³/mol. The van der Waals surface area contributed by atoms with Crippen LogP contribution < -0.4 is 0 Å². The number of amides is 1. The van der Waals surface area contributed by atoms with Gasteiger partial charge in [-0.15, -0.1) is 0 Å². The number of likely N-dealkylation sites (tertiary alicyclic amines) is 1. The molecule has 0 radical (unpaired) electrons. The fourth-order valence-corrected chi connectivity index (χ4v) is 4.38. The van der Waals surface area contributed by atoms with Crippen LogP contribution in [-0.2, 0) is 0 Å². The molecule has 2 aromatic carbocycles. The number of rotatable bonds is 4. The number of piperidine rings is 1. The molecule has 2 heterocycles. The van der Waals surface area contributed by atoms with Gasteiger partial charge in [-0.05, 0) is 32.3 Å². The van der Waals surface area contributed by atoms with Crippen LogP contribution >= 0.6 is 0 Å². The van der Waals surface area contributed by atoms with Gasteiger partial charge in [-0.2, -0.15) is 0 Å². The zero-order valence-corrected chi connectivity index (χ0v) is 16.2. The average molecular weight is 376 g/mol. The monoisotopic (exact) mass is 376 g/mol. The number of para-hydroxylation sites is 1. The molecule has 1 aromatic heterocycles. The first kappa shape index (κ1) is 18.7. The number of quaternary nitrogens is 1. The maximum atomic E-state index is 13.9. The number of hydrogen-bond donors (Lipinski definition) is 1. The molecule has 144 valence electrons. The summed E-state index contributed by atoms with van der Waals surface area (Å²) in [5.74, 6) is 0.562. The molecule has 1 saturated heterocycles. The second kappa shape index (κ2) is 7.78. The zero-order chi connectivity index (χ0) is 19.6. The third kappa shape index (κ3) is 3.21. The first-order valence-electron chi connectivity index (χ1n) is 10.0. The number of aliphatic hydroxyl groups is 1. The highest BCUT2D eigenvalue weighted by Gasteiger charge is 2.45. The van der Waals surface area contributed by atoms with Crippen molar-refractivity contribution in [3.63, 3.8) is 0 Å². The van der Waals surface area contributed by atoms with Crippen LogP contribution in [0.4, 0.5) is 0 Å². The number of carbonyl (C=O) groups excluding carboxylic acids is 1. The van der Waals surface area contributed by atoms with Crippen molar-refractivity contribution in [1.29, 1.82) is 0 Å². The van der Waals surface area contributed by atoms with Gasteiger partial charge in [0.2, 0.25) is 0 Å². The van der Waals surface area contributed by atoms with Crippen molar-refractivity contribution in [3.05, 3.63) is 60.3 Å². The standard InChI is InChI=1S/C23H26N3O2/c1-17-9-7-8-14-26(17,15-16-27)23(28)21-19-12-5-6-13-20(19)24-22(25-21)18-10-3-2-4-11-18/h2-6,10-13,17,27H,7-9,14-16H2,1H3/q+1. The first-order chi connectivity index (χ1) is 13.7. The van der Waals surface area contributed by atoms with E-state index in [1.165, 1.54) is 0 Å².